The molecule has 1 aromatic heterocycles. The van der Waals surface area contributed by atoms with Crippen molar-refractivity contribution in [1.29, 1.82) is 0 Å². The monoisotopic (exact) mass is 495 g/mol. The molecular formula is C27H33N3O6. The number of benzene rings is 2. The van der Waals surface area contributed by atoms with Crippen molar-refractivity contribution in [3.63, 3.8) is 0 Å². The molecule has 2 aliphatic rings. The second kappa shape index (κ2) is 10.5. The normalized spacial score (nSPS) is 21.9. The van der Waals surface area contributed by atoms with Crippen LogP contribution in [0.15, 0.2) is 41.2 Å². The Balaban J connectivity index is 1.48. The lowest BCUT2D eigenvalue weighted by molar-refractivity contribution is -0.0100. The van der Waals surface area contributed by atoms with Crippen LogP contribution >= 0.6 is 0 Å². The highest BCUT2D eigenvalue weighted by atomic mass is 16.5. The zero-order valence-corrected chi connectivity index (χ0v) is 21.2. The summed E-state index contributed by atoms with van der Waals surface area (Å²) < 4.78 is 29.8. The second-order valence-electron chi connectivity index (χ2n) is 9.26. The predicted molar refractivity (Wildman–Crippen MR) is 136 cm³/mol. The molecule has 2 aromatic carbocycles. The lowest BCUT2D eigenvalue weighted by atomic mass is 10.0. The smallest absolute Gasteiger partial charge is 0.261 e. The van der Waals surface area contributed by atoms with Gasteiger partial charge in [0, 0.05) is 25.9 Å². The quantitative estimate of drug-likeness (QED) is 0.494. The standard InChI is InChI=1S/C27H33N3O6/c1-17-26-28-23-13-19(29-9-10-35-21(14-29)16-32-2)6-7-22(23)27(31)30(26)20(15-36-17)11-18-5-8-24(33-3)25(12-18)34-4/h5-8,12-13,17,20-21H,9-11,14-16H2,1-4H3/t17?,20-,21+/m0/s1. The van der Waals surface area contributed by atoms with Crippen LogP contribution < -0.4 is 19.9 Å². The first kappa shape index (κ1) is 24.5. The van der Waals surface area contributed by atoms with Gasteiger partial charge in [-0.1, -0.05) is 6.07 Å². The molecule has 3 heterocycles. The number of aromatic nitrogens is 2. The molecule has 1 unspecified atom stereocenters. The molecule has 1 saturated heterocycles. The van der Waals surface area contributed by atoms with Gasteiger partial charge in [-0.05, 0) is 49.2 Å². The van der Waals surface area contributed by atoms with Crippen molar-refractivity contribution in [1.82, 2.24) is 9.55 Å². The maximum Gasteiger partial charge on any atom is 0.261 e. The molecule has 3 atom stereocenters. The second-order valence-corrected chi connectivity index (χ2v) is 9.26. The Morgan fingerprint density at radius 1 is 1.06 bits per heavy atom. The number of methoxy groups -OCH3 is 3. The highest BCUT2D eigenvalue weighted by Crippen LogP contribution is 2.32. The van der Waals surface area contributed by atoms with Crippen LogP contribution in [0.3, 0.4) is 0 Å². The van der Waals surface area contributed by atoms with E-state index in [0.29, 0.717) is 54.5 Å². The van der Waals surface area contributed by atoms with Gasteiger partial charge < -0.3 is 28.6 Å². The molecule has 3 aromatic rings. The van der Waals surface area contributed by atoms with E-state index in [9.17, 15) is 4.79 Å². The van der Waals surface area contributed by atoms with Gasteiger partial charge in [0.1, 0.15) is 11.9 Å². The van der Waals surface area contributed by atoms with E-state index in [1.54, 1.807) is 21.3 Å². The van der Waals surface area contributed by atoms with Gasteiger partial charge in [-0.15, -0.1) is 0 Å². The van der Waals surface area contributed by atoms with Crippen molar-refractivity contribution in [2.24, 2.45) is 0 Å². The van der Waals surface area contributed by atoms with E-state index in [0.717, 1.165) is 24.3 Å². The van der Waals surface area contributed by atoms with Crippen LogP contribution in [0.25, 0.3) is 10.9 Å². The number of nitrogens with zero attached hydrogens (tertiary/aromatic N) is 3. The summed E-state index contributed by atoms with van der Waals surface area (Å²) >= 11 is 0. The van der Waals surface area contributed by atoms with Crippen molar-refractivity contribution >= 4 is 16.6 Å². The Bertz CT molecular complexity index is 1290. The van der Waals surface area contributed by atoms with Gasteiger partial charge in [0.15, 0.2) is 11.5 Å². The Labute approximate surface area is 210 Å². The minimum atomic E-state index is -0.276. The molecule has 0 radical (unpaired) electrons. The van der Waals surface area contributed by atoms with Crippen LogP contribution in [0.2, 0.25) is 0 Å². The fourth-order valence-corrected chi connectivity index (χ4v) is 5.12. The predicted octanol–water partition coefficient (Wildman–Crippen LogP) is 3.14. The van der Waals surface area contributed by atoms with Crippen LogP contribution in [0.1, 0.15) is 30.5 Å². The maximum absolute atomic E-state index is 13.7. The van der Waals surface area contributed by atoms with Gasteiger partial charge in [-0.25, -0.2) is 4.98 Å². The molecule has 0 amide bonds. The molecule has 0 saturated carbocycles. The molecule has 36 heavy (non-hydrogen) atoms. The average molecular weight is 496 g/mol. The van der Waals surface area contributed by atoms with Crippen molar-refractivity contribution in [2.75, 3.05) is 59.1 Å². The number of fused-ring (bicyclic) bond motifs is 2. The van der Waals surface area contributed by atoms with Crippen LogP contribution in [0, 0.1) is 0 Å². The van der Waals surface area contributed by atoms with E-state index < -0.39 is 0 Å². The van der Waals surface area contributed by atoms with Crippen molar-refractivity contribution in [3.8, 4) is 11.5 Å². The zero-order valence-electron chi connectivity index (χ0n) is 21.2. The third-order valence-corrected chi connectivity index (χ3v) is 6.96. The summed E-state index contributed by atoms with van der Waals surface area (Å²) in [7, 11) is 4.91. The van der Waals surface area contributed by atoms with Crippen LogP contribution in [-0.4, -0.2) is 69.9 Å². The highest BCUT2D eigenvalue weighted by Gasteiger charge is 2.29. The van der Waals surface area contributed by atoms with Crippen LogP contribution in [0.5, 0.6) is 11.5 Å². The van der Waals surface area contributed by atoms with Crippen molar-refractivity contribution in [2.45, 2.75) is 31.6 Å². The van der Waals surface area contributed by atoms with E-state index in [2.05, 4.69) is 4.90 Å². The van der Waals surface area contributed by atoms with Crippen LogP contribution in [0.4, 0.5) is 5.69 Å². The molecule has 192 valence electrons. The van der Waals surface area contributed by atoms with Gasteiger partial charge in [0.2, 0.25) is 0 Å². The Kier molecular flexibility index (Phi) is 7.13. The van der Waals surface area contributed by atoms with Gasteiger partial charge in [-0.3, -0.25) is 9.36 Å². The molecule has 9 heteroatoms. The summed E-state index contributed by atoms with van der Waals surface area (Å²) in [4.78, 5) is 20.9. The van der Waals surface area contributed by atoms with Gasteiger partial charge in [0.05, 0.1) is 57.1 Å². The molecule has 9 nitrogen and oxygen atoms in total. The number of hydrogen-bond donors (Lipinski definition) is 0. The lowest BCUT2D eigenvalue weighted by Gasteiger charge is -2.34. The van der Waals surface area contributed by atoms with Crippen molar-refractivity contribution in [3.05, 3.63) is 58.1 Å². The van der Waals surface area contributed by atoms with Gasteiger partial charge in [-0.2, -0.15) is 0 Å². The SMILES string of the molecule is COC[C@H]1CN(c2ccc3c(=O)n4c(nc3c2)C(C)OC[C@@H]4Cc2ccc(OC)c(OC)c2)CCO1. The minimum absolute atomic E-state index is 0.0207. The first-order chi connectivity index (χ1) is 17.5. The van der Waals surface area contributed by atoms with Gasteiger partial charge >= 0.3 is 0 Å². The molecule has 0 spiro atoms. The fraction of sp³-hybridized carbons (Fsp3) is 0.481. The highest BCUT2D eigenvalue weighted by molar-refractivity contribution is 5.82. The molecule has 0 aliphatic carbocycles. The maximum atomic E-state index is 13.7. The molecule has 5 rings (SSSR count). The number of hydrogen-bond acceptors (Lipinski definition) is 8. The Morgan fingerprint density at radius 2 is 1.89 bits per heavy atom. The third kappa shape index (κ3) is 4.66. The summed E-state index contributed by atoms with van der Waals surface area (Å²) in [6, 6.07) is 11.5. The minimum Gasteiger partial charge on any atom is -0.493 e. The zero-order chi connectivity index (χ0) is 25.2. The summed E-state index contributed by atoms with van der Waals surface area (Å²) in [5.41, 5.74) is 2.69. The topological polar surface area (TPSA) is 84.3 Å². The third-order valence-electron chi connectivity index (χ3n) is 6.96. The van der Waals surface area contributed by atoms with E-state index in [1.165, 1.54) is 0 Å². The van der Waals surface area contributed by atoms with E-state index in [-0.39, 0.29) is 23.8 Å². The molecular weight excluding hydrogens is 462 g/mol. The summed E-state index contributed by atoms with van der Waals surface area (Å²) in [5, 5.41) is 0.607. The largest absolute Gasteiger partial charge is 0.493 e. The van der Waals surface area contributed by atoms with E-state index in [1.807, 2.05) is 47.9 Å². The number of ether oxygens (including phenoxy) is 5. The molecule has 0 bridgehead atoms. The first-order valence-corrected chi connectivity index (χ1v) is 12.3. The molecule has 2 aliphatic heterocycles. The lowest BCUT2D eigenvalue weighted by Crippen LogP contribution is -2.44. The fourth-order valence-electron chi connectivity index (χ4n) is 5.12. The summed E-state index contributed by atoms with van der Waals surface area (Å²) in [6.45, 7) is 5.07. The number of rotatable bonds is 7. The number of morpholine rings is 1. The van der Waals surface area contributed by atoms with E-state index in [4.69, 9.17) is 28.7 Å². The average Bonchev–Trinajstić information content (AvgIpc) is 2.90. The van der Waals surface area contributed by atoms with E-state index >= 15 is 0 Å². The Morgan fingerprint density at radius 3 is 2.67 bits per heavy atom. The summed E-state index contributed by atoms with van der Waals surface area (Å²) in [5.74, 6) is 1.98. The van der Waals surface area contributed by atoms with Gasteiger partial charge in [0.25, 0.3) is 5.56 Å². The first-order valence-electron chi connectivity index (χ1n) is 12.3. The van der Waals surface area contributed by atoms with Crippen LogP contribution in [-0.2, 0) is 20.6 Å². The molecule has 0 N–H and O–H groups in total. The Hall–Kier alpha value is -3.14. The molecule has 1 fully saturated rings. The van der Waals surface area contributed by atoms with Crippen molar-refractivity contribution < 1.29 is 23.7 Å². The number of anilines is 1. The summed E-state index contributed by atoms with van der Waals surface area (Å²) in [6.07, 6.45) is 0.356.